The summed E-state index contributed by atoms with van der Waals surface area (Å²) < 4.78 is 5.52. The van der Waals surface area contributed by atoms with Crippen LogP contribution in [0, 0.1) is 6.92 Å². The zero-order valence-corrected chi connectivity index (χ0v) is 12.8. The number of pyridine rings is 1. The van der Waals surface area contributed by atoms with Gasteiger partial charge in [0.1, 0.15) is 0 Å². The van der Waals surface area contributed by atoms with E-state index in [2.05, 4.69) is 25.6 Å². The largest absolute Gasteiger partial charge is 0.403 e. The number of aryl methyl sites for hydroxylation is 1. The molecule has 0 spiro atoms. The average molecular weight is 319 g/mol. The molecule has 3 heterocycles. The monoisotopic (exact) mass is 319 g/mol. The Morgan fingerprint density at radius 3 is 3.00 bits per heavy atom. The predicted molar refractivity (Wildman–Crippen MR) is 90.4 cm³/mol. The molecular weight excluding hydrogens is 306 g/mol. The maximum absolute atomic E-state index is 12.3. The number of hydrogen-bond acceptors (Lipinski definition) is 6. The van der Waals surface area contributed by atoms with Crippen LogP contribution in [0.15, 0.2) is 52.1 Å². The molecule has 7 nitrogen and oxygen atoms in total. The lowest BCUT2D eigenvalue weighted by atomic mass is 10.1. The van der Waals surface area contributed by atoms with E-state index in [0.717, 1.165) is 11.1 Å². The van der Waals surface area contributed by atoms with Crippen molar-refractivity contribution in [3.05, 3.63) is 59.4 Å². The quantitative estimate of drug-likeness (QED) is 0.706. The summed E-state index contributed by atoms with van der Waals surface area (Å²) in [5.41, 5.74) is 3.04. The van der Waals surface area contributed by atoms with Crippen LogP contribution in [-0.2, 0) is 0 Å². The first kappa shape index (κ1) is 14.1. The summed E-state index contributed by atoms with van der Waals surface area (Å²) >= 11 is 0. The third-order valence-corrected chi connectivity index (χ3v) is 3.52. The van der Waals surface area contributed by atoms with Crippen LogP contribution in [-0.4, -0.2) is 22.1 Å². The molecule has 1 aromatic carbocycles. The van der Waals surface area contributed by atoms with Crippen LogP contribution in [0.3, 0.4) is 0 Å². The smallest absolute Gasteiger partial charge is 0.325 e. The van der Waals surface area contributed by atoms with Crippen LogP contribution < -0.4 is 10.6 Å². The third-order valence-electron chi connectivity index (χ3n) is 3.52. The van der Waals surface area contributed by atoms with Gasteiger partial charge in [-0.25, -0.2) is 4.99 Å². The van der Waals surface area contributed by atoms with Crippen molar-refractivity contribution >= 4 is 35.5 Å². The van der Waals surface area contributed by atoms with Gasteiger partial charge < -0.3 is 9.73 Å². The number of rotatable bonds is 2. The number of aromatic nitrogens is 2. The molecule has 1 aliphatic heterocycles. The Kier molecular flexibility index (Phi) is 3.31. The molecule has 118 valence electrons. The molecule has 0 fully saturated rings. The van der Waals surface area contributed by atoms with Crippen LogP contribution in [0.4, 0.5) is 23.4 Å². The number of carbonyl (C=O) groups is 1. The Labute approximate surface area is 137 Å². The summed E-state index contributed by atoms with van der Waals surface area (Å²) in [7, 11) is 0. The van der Waals surface area contributed by atoms with Crippen molar-refractivity contribution in [2.45, 2.75) is 6.92 Å². The molecular formula is C17H13N5O2. The second-order valence-corrected chi connectivity index (χ2v) is 5.35. The van der Waals surface area contributed by atoms with Crippen LogP contribution >= 0.6 is 0 Å². The fourth-order valence-corrected chi connectivity index (χ4v) is 2.37. The van der Waals surface area contributed by atoms with Gasteiger partial charge in [-0.1, -0.05) is 17.7 Å². The summed E-state index contributed by atoms with van der Waals surface area (Å²) in [6.45, 7) is 1.93. The Morgan fingerprint density at radius 1 is 1.25 bits per heavy atom. The zero-order valence-electron chi connectivity index (χ0n) is 12.8. The first-order valence-electron chi connectivity index (χ1n) is 7.33. The maximum Gasteiger partial charge on any atom is 0.325 e. The van der Waals surface area contributed by atoms with Crippen molar-refractivity contribution in [2.75, 3.05) is 10.6 Å². The Bertz CT molecular complexity index is 947. The first-order chi connectivity index (χ1) is 11.7. The van der Waals surface area contributed by atoms with Gasteiger partial charge in [0.2, 0.25) is 5.88 Å². The van der Waals surface area contributed by atoms with Crippen molar-refractivity contribution in [3.8, 4) is 0 Å². The van der Waals surface area contributed by atoms with Gasteiger partial charge in [0.05, 0.1) is 11.3 Å². The first-order valence-corrected chi connectivity index (χ1v) is 7.33. The van der Waals surface area contributed by atoms with Crippen molar-refractivity contribution in [1.29, 1.82) is 0 Å². The van der Waals surface area contributed by atoms with E-state index in [9.17, 15) is 4.79 Å². The lowest BCUT2D eigenvalue weighted by molar-refractivity contribution is 0.102. The molecule has 0 aliphatic carbocycles. The molecule has 0 radical (unpaired) electrons. The van der Waals surface area contributed by atoms with Gasteiger partial charge in [0, 0.05) is 24.2 Å². The molecule has 4 rings (SSSR count). The molecule has 1 aliphatic rings. The van der Waals surface area contributed by atoms with E-state index in [1.165, 1.54) is 0 Å². The molecule has 2 N–H and O–H groups in total. The topological polar surface area (TPSA) is 92.4 Å². The maximum atomic E-state index is 12.3. The highest BCUT2D eigenvalue weighted by Crippen LogP contribution is 2.34. The second-order valence-electron chi connectivity index (χ2n) is 5.35. The average Bonchev–Trinajstić information content (AvgIpc) is 2.91. The van der Waals surface area contributed by atoms with E-state index in [-0.39, 0.29) is 17.8 Å². The molecule has 1 amide bonds. The van der Waals surface area contributed by atoms with Crippen molar-refractivity contribution in [3.63, 3.8) is 0 Å². The lowest BCUT2D eigenvalue weighted by Gasteiger charge is -2.05. The van der Waals surface area contributed by atoms with Gasteiger partial charge >= 0.3 is 6.01 Å². The minimum atomic E-state index is -0.251. The number of aliphatic imine (C=N–C) groups is 1. The normalized spacial score (nSPS) is 13.0. The number of amides is 1. The molecule has 2 aromatic heterocycles. The third kappa shape index (κ3) is 2.63. The predicted octanol–water partition coefficient (Wildman–Crippen LogP) is 3.44. The summed E-state index contributed by atoms with van der Waals surface area (Å²) in [6.07, 6.45) is 4.95. The van der Waals surface area contributed by atoms with Gasteiger partial charge in [-0.05, 0) is 25.1 Å². The number of carbonyl (C=O) groups excluding carboxylic acids is 1. The van der Waals surface area contributed by atoms with Crippen LogP contribution in [0.5, 0.6) is 0 Å². The van der Waals surface area contributed by atoms with Gasteiger partial charge in [0.25, 0.3) is 5.91 Å². The molecule has 0 saturated carbocycles. The second kappa shape index (κ2) is 5.62. The number of anilines is 3. The molecule has 7 heteroatoms. The highest BCUT2D eigenvalue weighted by Gasteiger charge is 2.23. The molecule has 0 bridgehead atoms. The molecule has 24 heavy (non-hydrogen) atoms. The number of oxazole rings is 1. The summed E-state index contributed by atoms with van der Waals surface area (Å²) in [5.74, 6) is 0.412. The lowest BCUT2D eigenvalue weighted by Crippen LogP contribution is -2.10. The standard InChI is InChI=1S/C17H13N5O2/c1-10-4-5-13-12(7-10)15(23)22-16-14(20-13)21-17(24-16)19-9-11-3-2-6-18-8-11/h2-9,20H,1H3,(H,22,23). The Morgan fingerprint density at radius 2 is 2.17 bits per heavy atom. The van der Waals surface area contributed by atoms with Gasteiger partial charge in [-0.15, -0.1) is 0 Å². The summed E-state index contributed by atoms with van der Waals surface area (Å²) in [4.78, 5) is 24.8. The molecule has 0 saturated heterocycles. The van der Waals surface area contributed by atoms with Gasteiger partial charge in [-0.3, -0.25) is 15.1 Å². The Hall–Kier alpha value is -3.48. The minimum absolute atomic E-state index is 0.146. The number of fused-ring (bicyclic) bond motifs is 2. The minimum Gasteiger partial charge on any atom is -0.403 e. The van der Waals surface area contributed by atoms with Crippen molar-refractivity contribution < 1.29 is 9.21 Å². The molecule has 0 atom stereocenters. The van der Waals surface area contributed by atoms with Crippen molar-refractivity contribution in [2.24, 2.45) is 4.99 Å². The fraction of sp³-hybridized carbons (Fsp3) is 0.0588. The van der Waals surface area contributed by atoms with Crippen LogP contribution in [0.2, 0.25) is 0 Å². The number of benzene rings is 1. The highest BCUT2D eigenvalue weighted by atomic mass is 16.4. The van der Waals surface area contributed by atoms with Crippen LogP contribution in [0.25, 0.3) is 0 Å². The van der Waals surface area contributed by atoms with Gasteiger partial charge in [0.15, 0.2) is 5.82 Å². The summed E-state index contributed by atoms with van der Waals surface area (Å²) in [5, 5.41) is 5.81. The van der Waals surface area contributed by atoms with E-state index < -0.39 is 0 Å². The SMILES string of the molecule is Cc1ccc2c(c1)C(=O)Nc1oc(N=Cc3cccnc3)nc1N2. The number of nitrogens with one attached hydrogen (secondary N) is 2. The fourth-order valence-electron chi connectivity index (χ4n) is 2.37. The van der Waals surface area contributed by atoms with Gasteiger partial charge in [-0.2, -0.15) is 4.98 Å². The highest BCUT2D eigenvalue weighted by molar-refractivity contribution is 6.11. The van der Waals surface area contributed by atoms with E-state index in [4.69, 9.17) is 4.42 Å². The summed E-state index contributed by atoms with van der Waals surface area (Å²) in [6, 6.07) is 9.39. The van der Waals surface area contributed by atoms with E-state index in [1.54, 1.807) is 18.6 Å². The Balaban J connectivity index is 1.66. The van der Waals surface area contributed by atoms with E-state index >= 15 is 0 Å². The van der Waals surface area contributed by atoms with Crippen LogP contribution in [0.1, 0.15) is 21.5 Å². The van der Waals surface area contributed by atoms with E-state index in [1.807, 2.05) is 37.3 Å². The number of hydrogen-bond donors (Lipinski definition) is 2. The number of nitrogens with zero attached hydrogens (tertiary/aromatic N) is 3. The zero-order chi connectivity index (χ0) is 16.5. The molecule has 3 aromatic rings. The van der Waals surface area contributed by atoms with E-state index in [0.29, 0.717) is 17.1 Å². The molecule has 0 unspecified atom stereocenters. The van der Waals surface area contributed by atoms with Crippen molar-refractivity contribution in [1.82, 2.24) is 9.97 Å².